The highest BCUT2D eigenvalue weighted by Gasteiger charge is 1.95. The van der Waals surface area contributed by atoms with E-state index in [1.807, 2.05) is 6.07 Å². The van der Waals surface area contributed by atoms with Gasteiger partial charge >= 0.3 is 0 Å². The molecule has 0 radical (unpaired) electrons. The third-order valence-electron chi connectivity index (χ3n) is 1.64. The van der Waals surface area contributed by atoms with Gasteiger partial charge in [-0.1, -0.05) is 24.3 Å². The van der Waals surface area contributed by atoms with Crippen molar-refractivity contribution in [3.63, 3.8) is 0 Å². The van der Waals surface area contributed by atoms with E-state index in [2.05, 4.69) is 37.2 Å². The van der Waals surface area contributed by atoms with Crippen LogP contribution in [-0.4, -0.2) is 19.0 Å². The third-order valence-corrected chi connectivity index (χ3v) is 1.95. The molecule has 0 aliphatic carbocycles. The Kier molecular flexibility index (Phi) is 6.13. The summed E-state index contributed by atoms with van der Waals surface area (Å²) in [4.78, 5) is 2.15. The van der Waals surface area contributed by atoms with E-state index in [1.54, 1.807) is 0 Å². The van der Waals surface area contributed by atoms with Crippen LogP contribution in [0.4, 0.5) is 0 Å². The lowest BCUT2D eigenvalue weighted by atomic mass is 10.1. The van der Waals surface area contributed by atoms with Gasteiger partial charge in [0.05, 0.1) is 0 Å². The molecule has 3 heteroatoms. The van der Waals surface area contributed by atoms with E-state index >= 15 is 0 Å². The Bertz CT molecular complexity index is 248. The quantitative estimate of drug-likeness (QED) is 0.708. The van der Waals surface area contributed by atoms with E-state index in [-0.39, 0.29) is 12.4 Å². The minimum atomic E-state index is 0. The fourth-order valence-corrected chi connectivity index (χ4v) is 1.34. The topological polar surface area (TPSA) is 3.24 Å². The summed E-state index contributed by atoms with van der Waals surface area (Å²) in [6, 6.07) is 8.37. The average molecular weight is 220 g/mol. The van der Waals surface area contributed by atoms with Crippen molar-refractivity contribution in [2.45, 2.75) is 12.4 Å². The summed E-state index contributed by atoms with van der Waals surface area (Å²) in [5, 5.41) is 0. The molecule has 0 fully saturated rings. The van der Waals surface area contributed by atoms with Crippen LogP contribution in [0.25, 0.3) is 0 Å². The molecule has 0 bridgehead atoms. The molecule has 0 saturated carbocycles. The van der Waals surface area contributed by atoms with Gasteiger partial charge in [0, 0.05) is 12.4 Å². The molecular weight excluding hydrogens is 205 g/mol. The third kappa shape index (κ3) is 4.51. The van der Waals surface area contributed by atoms with Crippen LogP contribution in [0.5, 0.6) is 0 Å². The SMILES string of the molecule is CN(C)Cc1cccc(CCl)c1.Cl. The van der Waals surface area contributed by atoms with Gasteiger partial charge in [-0.2, -0.15) is 0 Å². The number of hydrogen-bond donors (Lipinski definition) is 0. The van der Waals surface area contributed by atoms with Crippen molar-refractivity contribution in [1.29, 1.82) is 0 Å². The van der Waals surface area contributed by atoms with Crippen molar-refractivity contribution in [3.05, 3.63) is 35.4 Å². The van der Waals surface area contributed by atoms with Gasteiger partial charge in [0.15, 0.2) is 0 Å². The maximum absolute atomic E-state index is 5.72. The summed E-state index contributed by atoms with van der Waals surface area (Å²) >= 11 is 5.72. The predicted molar refractivity (Wildman–Crippen MR) is 60.6 cm³/mol. The molecule has 0 spiro atoms. The first-order valence-corrected chi connectivity index (χ1v) is 4.54. The second-order valence-corrected chi connectivity index (χ2v) is 3.46. The van der Waals surface area contributed by atoms with Crippen LogP contribution in [0.3, 0.4) is 0 Å². The van der Waals surface area contributed by atoms with E-state index in [4.69, 9.17) is 11.6 Å². The highest BCUT2D eigenvalue weighted by atomic mass is 35.5. The first-order valence-electron chi connectivity index (χ1n) is 4.01. The van der Waals surface area contributed by atoms with Crippen LogP contribution < -0.4 is 0 Å². The number of rotatable bonds is 3. The molecule has 1 aromatic carbocycles. The Morgan fingerprint density at radius 1 is 1.23 bits per heavy atom. The second-order valence-electron chi connectivity index (χ2n) is 3.19. The summed E-state index contributed by atoms with van der Waals surface area (Å²) in [5.74, 6) is 0.598. The number of nitrogens with zero attached hydrogens (tertiary/aromatic N) is 1. The summed E-state index contributed by atoms with van der Waals surface area (Å²) < 4.78 is 0. The molecule has 1 rings (SSSR count). The molecule has 0 aliphatic rings. The van der Waals surface area contributed by atoms with Gasteiger partial charge in [-0.25, -0.2) is 0 Å². The molecule has 13 heavy (non-hydrogen) atoms. The normalized spacial score (nSPS) is 9.85. The molecule has 1 aromatic rings. The zero-order valence-corrected chi connectivity index (χ0v) is 9.53. The van der Waals surface area contributed by atoms with Crippen LogP contribution in [0.1, 0.15) is 11.1 Å². The summed E-state index contributed by atoms with van der Waals surface area (Å²) in [7, 11) is 4.13. The number of alkyl halides is 1. The molecule has 0 saturated heterocycles. The zero-order chi connectivity index (χ0) is 8.97. The number of benzene rings is 1. The Labute approximate surface area is 91.1 Å². The molecule has 1 nitrogen and oxygen atoms in total. The number of hydrogen-bond acceptors (Lipinski definition) is 1. The zero-order valence-electron chi connectivity index (χ0n) is 7.96. The van der Waals surface area contributed by atoms with Gasteiger partial charge in [0.1, 0.15) is 0 Å². The van der Waals surface area contributed by atoms with Crippen molar-refractivity contribution >= 4 is 24.0 Å². The molecule has 0 aliphatic heterocycles. The van der Waals surface area contributed by atoms with Gasteiger partial charge in [-0.05, 0) is 25.2 Å². The monoisotopic (exact) mass is 219 g/mol. The molecule has 0 N–H and O–H groups in total. The summed E-state index contributed by atoms with van der Waals surface area (Å²) in [5.41, 5.74) is 2.51. The van der Waals surface area contributed by atoms with Crippen molar-refractivity contribution in [1.82, 2.24) is 4.90 Å². The molecule has 74 valence electrons. The van der Waals surface area contributed by atoms with E-state index < -0.39 is 0 Å². The maximum Gasteiger partial charge on any atom is 0.0474 e. The van der Waals surface area contributed by atoms with Crippen molar-refractivity contribution in [2.75, 3.05) is 14.1 Å². The van der Waals surface area contributed by atoms with Crippen molar-refractivity contribution in [2.24, 2.45) is 0 Å². The molecule has 0 atom stereocenters. The number of halogens is 2. The first-order chi connectivity index (χ1) is 5.72. The fourth-order valence-electron chi connectivity index (χ4n) is 1.18. The van der Waals surface area contributed by atoms with E-state index in [0.717, 1.165) is 6.54 Å². The van der Waals surface area contributed by atoms with Crippen LogP contribution >= 0.6 is 24.0 Å². The van der Waals surface area contributed by atoms with Gasteiger partial charge in [-0.15, -0.1) is 24.0 Å². The van der Waals surface area contributed by atoms with Crippen molar-refractivity contribution in [3.8, 4) is 0 Å². The highest BCUT2D eigenvalue weighted by Crippen LogP contribution is 2.08. The largest absolute Gasteiger partial charge is 0.305 e. The lowest BCUT2D eigenvalue weighted by molar-refractivity contribution is 0.402. The molecule has 0 unspecified atom stereocenters. The van der Waals surface area contributed by atoms with Crippen LogP contribution in [-0.2, 0) is 12.4 Å². The van der Waals surface area contributed by atoms with Gasteiger partial charge in [-0.3, -0.25) is 0 Å². The van der Waals surface area contributed by atoms with Gasteiger partial charge in [0.2, 0.25) is 0 Å². The Morgan fingerprint density at radius 3 is 2.38 bits per heavy atom. The summed E-state index contributed by atoms with van der Waals surface area (Å²) in [6.45, 7) is 0.977. The van der Waals surface area contributed by atoms with Gasteiger partial charge in [0.25, 0.3) is 0 Å². The maximum atomic E-state index is 5.72. The minimum absolute atomic E-state index is 0. The fraction of sp³-hybridized carbons (Fsp3) is 0.400. The van der Waals surface area contributed by atoms with Crippen molar-refractivity contribution < 1.29 is 0 Å². The molecule has 0 amide bonds. The lowest BCUT2D eigenvalue weighted by Gasteiger charge is -2.09. The summed E-state index contributed by atoms with van der Waals surface area (Å²) in [6.07, 6.45) is 0. The highest BCUT2D eigenvalue weighted by molar-refractivity contribution is 6.17. The standard InChI is InChI=1S/C10H14ClN.ClH/c1-12(2)8-10-5-3-4-9(6-10)7-11;/h3-6H,7-8H2,1-2H3;1H. The molecular formula is C10H15Cl2N. The molecule has 0 heterocycles. The predicted octanol–water partition coefficient (Wildman–Crippen LogP) is 2.91. The van der Waals surface area contributed by atoms with E-state index in [9.17, 15) is 0 Å². The first kappa shape index (κ1) is 12.8. The average Bonchev–Trinajstić information content (AvgIpc) is 2.03. The minimum Gasteiger partial charge on any atom is -0.305 e. The molecule has 0 aromatic heterocycles. The van der Waals surface area contributed by atoms with Crippen LogP contribution in [0.15, 0.2) is 24.3 Å². The van der Waals surface area contributed by atoms with Crippen LogP contribution in [0.2, 0.25) is 0 Å². The smallest absolute Gasteiger partial charge is 0.0474 e. The second kappa shape index (κ2) is 6.25. The Morgan fingerprint density at radius 2 is 1.85 bits per heavy atom. The van der Waals surface area contributed by atoms with Crippen LogP contribution in [0, 0.1) is 0 Å². The lowest BCUT2D eigenvalue weighted by Crippen LogP contribution is -2.10. The Balaban J connectivity index is 0.00000144. The Hall–Kier alpha value is -0.240. The van der Waals surface area contributed by atoms with E-state index in [1.165, 1.54) is 11.1 Å². The van der Waals surface area contributed by atoms with E-state index in [0.29, 0.717) is 5.88 Å². The van der Waals surface area contributed by atoms with Gasteiger partial charge < -0.3 is 4.90 Å².